The maximum atomic E-state index is 12.1. The van der Waals surface area contributed by atoms with Gasteiger partial charge in [0.25, 0.3) is 5.91 Å². The molecule has 2 rings (SSSR count). The summed E-state index contributed by atoms with van der Waals surface area (Å²) in [5.41, 5.74) is -0.796. The van der Waals surface area contributed by atoms with Gasteiger partial charge in [0.1, 0.15) is 5.54 Å². The Hall–Kier alpha value is -1.11. The predicted octanol–water partition coefficient (Wildman–Crippen LogP) is 2.55. The molecular formula is C14H20ClN3O2S. The summed E-state index contributed by atoms with van der Waals surface area (Å²) in [5.74, 6) is -0.164. The van der Waals surface area contributed by atoms with E-state index in [0.717, 1.165) is 17.4 Å². The van der Waals surface area contributed by atoms with Crippen LogP contribution in [-0.4, -0.2) is 46.9 Å². The monoisotopic (exact) mass is 329 g/mol. The van der Waals surface area contributed by atoms with Gasteiger partial charge in [0, 0.05) is 24.5 Å². The maximum absolute atomic E-state index is 12.1. The molecule has 1 N–H and O–H groups in total. The lowest BCUT2D eigenvalue weighted by Crippen LogP contribution is -2.41. The van der Waals surface area contributed by atoms with Crippen LogP contribution in [0.5, 0.6) is 0 Å². The minimum atomic E-state index is -0.796. The van der Waals surface area contributed by atoms with E-state index in [1.807, 2.05) is 12.1 Å². The van der Waals surface area contributed by atoms with Gasteiger partial charge < -0.3 is 5.32 Å². The zero-order valence-corrected chi connectivity index (χ0v) is 14.1. The van der Waals surface area contributed by atoms with Gasteiger partial charge >= 0.3 is 6.03 Å². The van der Waals surface area contributed by atoms with Crippen molar-refractivity contribution in [2.24, 2.45) is 0 Å². The van der Waals surface area contributed by atoms with E-state index in [0.29, 0.717) is 13.1 Å². The third-order valence-corrected chi connectivity index (χ3v) is 4.76. The number of likely N-dealkylation sites (N-methyl/N-ethyl adjacent to an activating group) is 1. The van der Waals surface area contributed by atoms with E-state index >= 15 is 0 Å². The second kappa shape index (κ2) is 6.34. The molecule has 0 bridgehead atoms. The average Bonchev–Trinajstić information content (AvgIpc) is 2.89. The third kappa shape index (κ3) is 3.75. The zero-order chi connectivity index (χ0) is 15.6. The lowest BCUT2D eigenvalue weighted by molar-refractivity contribution is -0.130. The molecule has 0 atom stereocenters. The summed E-state index contributed by atoms with van der Waals surface area (Å²) in [6, 6.07) is 3.59. The van der Waals surface area contributed by atoms with Crippen molar-refractivity contribution in [2.45, 2.75) is 32.9 Å². The van der Waals surface area contributed by atoms with Gasteiger partial charge in [-0.3, -0.25) is 14.6 Å². The van der Waals surface area contributed by atoms with Crippen molar-refractivity contribution in [1.29, 1.82) is 0 Å². The number of hydrogen-bond donors (Lipinski definition) is 1. The van der Waals surface area contributed by atoms with Crippen molar-refractivity contribution in [3.8, 4) is 0 Å². The number of nitrogens with one attached hydrogen (secondary N) is 1. The van der Waals surface area contributed by atoms with Crippen molar-refractivity contribution in [1.82, 2.24) is 15.1 Å². The van der Waals surface area contributed by atoms with Crippen molar-refractivity contribution >= 4 is 34.9 Å². The largest absolute Gasteiger partial charge is 0.325 e. The quantitative estimate of drug-likeness (QED) is 0.816. The molecule has 116 valence electrons. The maximum Gasteiger partial charge on any atom is 0.325 e. The third-order valence-electron chi connectivity index (χ3n) is 3.54. The molecule has 21 heavy (non-hydrogen) atoms. The van der Waals surface area contributed by atoms with Gasteiger partial charge in [0.15, 0.2) is 0 Å². The van der Waals surface area contributed by atoms with Gasteiger partial charge in [-0.05, 0) is 32.5 Å². The van der Waals surface area contributed by atoms with Crippen molar-refractivity contribution in [2.75, 3.05) is 19.6 Å². The summed E-state index contributed by atoms with van der Waals surface area (Å²) in [4.78, 5) is 28.6. The van der Waals surface area contributed by atoms with Crippen LogP contribution in [0.25, 0.3) is 0 Å². The highest BCUT2D eigenvalue weighted by Gasteiger charge is 2.43. The van der Waals surface area contributed by atoms with E-state index in [4.69, 9.17) is 11.6 Å². The van der Waals surface area contributed by atoms with Crippen LogP contribution < -0.4 is 5.32 Å². The molecule has 5 nitrogen and oxygen atoms in total. The molecule has 1 aliphatic heterocycles. The number of urea groups is 1. The Kier molecular flexibility index (Phi) is 4.91. The molecule has 0 aromatic carbocycles. The molecule has 0 saturated carbocycles. The standard InChI is InChI=1S/C14H20ClN3O2S/c1-4-17(9-10-5-6-11(15)21-10)7-8-18-12(19)14(2,3)16-13(18)20/h5-6H,4,7-9H2,1-3H3,(H,16,20). The minimum Gasteiger partial charge on any atom is -0.324 e. The number of amides is 3. The smallest absolute Gasteiger partial charge is 0.324 e. The molecule has 0 aliphatic carbocycles. The summed E-state index contributed by atoms with van der Waals surface area (Å²) < 4.78 is 0.775. The van der Waals surface area contributed by atoms with E-state index in [9.17, 15) is 9.59 Å². The number of halogens is 1. The predicted molar refractivity (Wildman–Crippen MR) is 84.6 cm³/mol. The first-order chi connectivity index (χ1) is 9.83. The average molecular weight is 330 g/mol. The van der Waals surface area contributed by atoms with E-state index < -0.39 is 5.54 Å². The molecule has 0 spiro atoms. The van der Waals surface area contributed by atoms with Gasteiger partial charge in [-0.15, -0.1) is 11.3 Å². The lowest BCUT2D eigenvalue weighted by Gasteiger charge is -2.22. The Morgan fingerprint density at radius 2 is 2.10 bits per heavy atom. The molecule has 2 heterocycles. The number of nitrogens with zero attached hydrogens (tertiary/aromatic N) is 2. The molecule has 1 saturated heterocycles. The first-order valence-electron chi connectivity index (χ1n) is 6.94. The summed E-state index contributed by atoms with van der Waals surface area (Å²) in [5, 5.41) is 2.69. The Balaban J connectivity index is 1.91. The van der Waals surface area contributed by atoms with Gasteiger partial charge in [-0.1, -0.05) is 18.5 Å². The fraction of sp³-hybridized carbons (Fsp3) is 0.571. The van der Waals surface area contributed by atoms with Gasteiger partial charge in [0.2, 0.25) is 0 Å². The van der Waals surface area contributed by atoms with E-state index in [-0.39, 0.29) is 11.9 Å². The normalized spacial score (nSPS) is 17.7. The first-order valence-corrected chi connectivity index (χ1v) is 8.13. The number of hydrogen-bond acceptors (Lipinski definition) is 4. The highest BCUT2D eigenvalue weighted by molar-refractivity contribution is 7.16. The molecule has 7 heteroatoms. The topological polar surface area (TPSA) is 52.6 Å². The number of rotatable bonds is 6. The number of carbonyl (C=O) groups excluding carboxylic acids is 2. The summed E-state index contributed by atoms with van der Waals surface area (Å²) in [6.07, 6.45) is 0. The second-order valence-electron chi connectivity index (χ2n) is 5.59. The lowest BCUT2D eigenvalue weighted by atomic mass is 10.1. The van der Waals surface area contributed by atoms with Crippen LogP contribution >= 0.6 is 22.9 Å². The van der Waals surface area contributed by atoms with E-state index in [2.05, 4.69) is 17.1 Å². The SMILES string of the molecule is CCN(CCN1C(=O)NC(C)(C)C1=O)Cc1ccc(Cl)s1. The van der Waals surface area contributed by atoms with Crippen LogP contribution in [0.2, 0.25) is 4.34 Å². The Morgan fingerprint density at radius 1 is 1.38 bits per heavy atom. The van der Waals surface area contributed by atoms with Crippen LogP contribution in [0.1, 0.15) is 25.6 Å². The molecule has 1 fully saturated rings. The second-order valence-corrected chi connectivity index (χ2v) is 7.39. The fourth-order valence-electron chi connectivity index (χ4n) is 2.27. The summed E-state index contributed by atoms with van der Waals surface area (Å²) in [7, 11) is 0. The summed E-state index contributed by atoms with van der Waals surface area (Å²) >= 11 is 7.49. The van der Waals surface area contributed by atoms with Crippen molar-refractivity contribution in [3.63, 3.8) is 0 Å². The van der Waals surface area contributed by atoms with Gasteiger partial charge in [0.05, 0.1) is 4.34 Å². The Bertz CT molecular complexity index is 544. The van der Waals surface area contributed by atoms with Crippen LogP contribution in [0.4, 0.5) is 4.79 Å². The van der Waals surface area contributed by atoms with Crippen LogP contribution in [-0.2, 0) is 11.3 Å². The molecule has 0 radical (unpaired) electrons. The van der Waals surface area contributed by atoms with Crippen LogP contribution in [0.3, 0.4) is 0 Å². The van der Waals surface area contributed by atoms with Crippen molar-refractivity contribution in [3.05, 3.63) is 21.3 Å². The number of carbonyl (C=O) groups is 2. The minimum absolute atomic E-state index is 0.164. The Morgan fingerprint density at radius 3 is 2.57 bits per heavy atom. The molecule has 1 aromatic heterocycles. The molecule has 0 unspecified atom stereocenters. The van der Waals surface area contributed by atoms with Crippen LogP contribution in [0.15, 0.2) is 12.1 Å². The van der Waals surface area contributed by atoms with E-state index in [1.165, 1.54) is 9.78 Å². The summed E-state index contributed by atoms with van der Waals surface area (Å²) in [6.45, 7) is 8.19. The van der Waals surface area contributed by atoms with Gasteiger partial charge in [-0.25, -0.2) is 4.79 Å². The highest BCUT2D eigenvalue weighted by Crippen LogP contribution is 2.23. The van der Waals surface area contributed by atoms with Gasteiger partial charge in [-0.2, -0.15) is 0 Å². The zero-order valence-electron chi connectivity index (χ0n) is 12.5. The van der Waals surface area contributed by atoms with Crippen LogP contribution in [0, 0.1) is 0 Å². The Labute approximate surface area is 133 Å². The highest BCUT2D eigenvalue weighted by atomic mass is 35.5. The molecular weight excluding hydrogens is 310 g/mol. The first kappa shape index (κ1) is 16.3. The van der Waals surface area contributed by atoms with E-state index in [1.54, 1.807) is 25.2 Å². The molecule has 1 aliphatic rings. The molecule has 1 aromatic rings. The fourth-order valence-corrected chi connectivity index (χ4v) is 3.40. The number of imide groups is 1. The number of thiophene rings is 1. The molecule has 3 amide bonds. The van der Waals surface area contributed by atoms with Crippen molar-refractivity contribution < 1.29 is 9.59 Å².